The lowest BCUT2D eigenvalue weighted by Gasteiger charge is -2.38. The minimum absolute atomic E-state index is 0.289. The van der Waals surface area contributed by atoms with Gasteiger partial charge >= 0.3 is 0 Å². The quantitative estimate of drug-likeness (QED) is 0.895. The Bertz CT molecular complexity index is 514. The summed E-state index contributed by atoms with van der Waals surface area (Å²) in [4.78, 5) is 4.42. The predicted octanol–water partition coefficient (Wildman–Crippen LogP) is 3.78. The Balaban J connectivity index is 1.73. The molecule has 0 amide bonds. The van der Waals surface area contributed by atoms with Crippen LogP contribution in [0.1, 0.15) is 52.5 Å². The fraction of sp³-hybridized carbons (Fsp3) is 0.722. The molecular formula is C18H28N2O. The highest BCUT2D eigenvalue weighted by Crippen LogP contribution is 2.66. The van der Waals surface area contributed by atoms with Crippen molar-refractivity contribution in [3.63, 3.8) is 0 Å². The zero-order valence-corrected chi connectivity index (χ0v) is 13.8. The van der Waals surface area contributed by atoms with Crippen LogP contribution in [-0.4, -0.2) is 17.6 Å². The van der Waals surface area contributed by atoms with Crippen LogP contribution < -0.4 is 10.1 Å². The van der Waals surface area contributed by atoms with Gasteiger partial charge in [-0.15, -0.1) is 0 Å². The van der Waals surface area contributed by atoms with Gasteiger partial charge in [0.1, 0.15) is 6.10 Å². The Kier molecular flexibility index (Phi) is 3.73. The number of nitrogens with one attached hydrogen (secondary N) is 1. The first-order valence-corrected chi connectivity index (χ1v) is 8.29. The van der Waals surface area contributed by atoms with E-state index in [1.165, 1.54) is 24.8 Å². The van der Waals surface area contributed by atoms with Crippen molar-refractivity contribution >= 4 is 0 Å². The minimum atomic E-state index is 0.289. The third-order valence-corrected chi connectivity index (χ3v) is 6.36. The summed E-state index contributed by atoms with van der Waals surface area (Å²) in [5, 5.41) is 3.35. The molecular weight excluding hydrogens is 260 g/mol. The van der Waals surface area contributed by atoms with Crippen molar-refractivity contribution in [3.05, 3.63) is 23.9 Å². The molecule has 2 bridgehead atoms. The fourth-order valence-corrected chi connectivity index (χ4v) is 4.35. The first-order chi connectivity index (χ1) is 9.97. The molecule has 2 aliphatic rings. The molecule has 3 heteroatoms. The summed E-state index contributed by atoms with van der Waals surface area (Å²) in [6.45, 7) is 11.2. The van der Waals surface area contributed by atoms with Gasteiger partial charge in [0.05, 0.1) is 0 Å². The summed E-state index contributed by atoms with van der Waals surface area (Å²) in [7, 11) is 0. The molecule has 3 rings (SSSR count). The van der Waals surface area contributed by atoms with E-state index in [1.807, 2.05) is 6.20 Å². The number of hydrogen-bond acceptors (Lipinski definition) is 3. The Morgan fingerprint density at radius 2 is 2.19 bits per heavy atom. The van der Waals surface area contributed by atoms with E-state index in [-0.39, 0.29) is 5.41 Å². The maximum absolute atomic E-state index is 6.33. The standard InChI is InChI=1S/C18H28N2O/c1-5-19-12-13-7-9-20-16(10-13)21-15-11-14-6-8-18(15,4)17(14,2)3/h7,9-10,14-15,19H,5-6,8,11-12H2,1-4H3. The first kappa shape index (κ1) is 14.8. The van der Waals surface area contributed by atoms with Gasteiger partial charge < -0.3 is 10.1 Å². The van der Waals surface area contributed by atoms with Crippen LogP contribution in [0.2, 0.25) is 0 Å². The van der Waals surface area contributed by atoms with Crippen molar-refractivity contribution in [2.24, 2.45) is 16.7 Å². The maximum Gasteiger partial charge on any atom is 0.213 e. The highest BCUT2D eigenvalue weighted by molar-refractivity contribution is 5.22. The second-order valence-electron chi connectivity index (χ2n) is 7.50. The third-order valence-electron chi connectivity index (χ3n) is 6.36. The zero-order chi connectivity index (χ0) is 15.1. The number of aromatic nitrogens is 1. The number of rotatable bonds is 5. The van der Waals surface area contributed by atoms with Gasteiger partial charge in [0, 0.05) is 24.2 Å². The molecule has 2 saturated carbocycles. The molecule has 1 N–H and O–H groups in total. The van der Waals surface area contributed by atoms with Gasteiger partial charge in [0.15, 0.2) is 0 Å². The topological polar surface area (TPSA) is 34.2 Å². The molecule has 1 aromatic rings. The molecule has 0 saturated heterocycles. The lowest BCUT2D eigenvalue weighted by molar-refractivity contribution is 0.0272. The van der Waals surface area contributed by atoms with E-state index in [0.29, 0.717) is 11.5 Å². The van der Waals surface area contributed by atoms with E-state index in [2.05, 4.69) is 50.1 Å². The first-order valence-electron chi connectivity index (χ1n) is 8.29. The molecule has 2 aliphatic carbocycles. The van der Waals surface area contributed by atoms with Crippen molar-refractivity contribution in [1.29, 1.82) is 0 Å². The number of nitrogens with zero attached hydrogens (tertiary/aromatic N) is 1. The highest BCUT2D eigenvalue weighted by Gasteiger charge is 2.62. The average molecular weight is 288 g/mol. The predicted molar refractivity (Wildman–Crippen MR) is 85.3 cm³/mol. The lowest BCUT2D eigenvalue weighted by Crippen LogP contribution is -2.39. The molecule has 3 atom stereocenters. The summed E-state index contributed by atoms with van der Waals surface area (Å²) in [6, 6.07) is 4.15. The van der Waals surface area contributed by atoms with E-state index in [0.717, 1.165) is 24.9 Å². The van der Waals surface area contributed by atoms with Crippen LogP contribution in [-0.2, 0) is 6.54 Å². The van der Waals surface area contributed by atoms with E-state index in [4.69, 9.17) is 4.74 Å². The van der Waals surface area contributed by atoms with E-state index in [1.54, 1.807) is 0 Å². The Labute approximate surface area is 128 Å². The van der Waals surface area contributed by atoms with Gasteiger partial charge in [0.2, 0.25) is 5.88 Å². The van der Waals surface area contributed by atoms with Crippen LogP contribution in [0.4, 0.5) is 0 Å². The number of ether oxygens (including phenoxy) is 1. The van der Waals surface area contributed by atoms with Gasteiger partial charge in [0.25, 0.3) is 0 Å². The van der Waals surface area contributed by atoms with Gasteiger partial charge in [-0.3, -0.25) is 0 Å². The monoisotopic (exact) mass is 288 g/mol. The minimum Gasteiger partial charge on any atom is -0.474 e. The van der Waals surface area contributed by atoms with Crippen molar-refractivity contribution in [2.45, 2.75) is 59.6 Å². The molecule has 116 valence electrons. The van der Waals surface area contributed by atoms with Crippen molar-refractivity contribution < 1.29 is 4.74 Å². The van der Waals surface area contributed by atoms with Crippen molar-refractivity contribution in [1.82, 2.24) is 10.3 Å². The Morgan fingerprint density at radius 1 is 1.38 bits per heavy atom. The molecule has 2 fully saturated rings. The number of hydrogen-bond donors (Lipinski definition) is 1. The van der Waals surface area contributed by atoms with E-state index < -0.39 is 0 Å². The van der Waals surface area contributed by atoms with Crippen LogP contribution in [0, 0.1) is 16.7 Å². The SMILES string of the molecule is CCNCc1ccnc(OC2CC3CCC2(C)C3(C)C)c1. The van der Waals surface area contributed by atoms with Crippen LogP contribution >= 0.6 is 0 Å². The molecule has 1 aromatic heterocycles. The zero-order valence-electron chi connectivity index (χ0n) is 13.8. The smallest absolute Gasteiger partial charge is 0.213 e. The molecule has 0 aromatic carbocycles. The molecule has 3 unspecified atom stereocenters. The van der Waals surface area contributed by atoms with Crippen molar-refractivity contribution in [3.8, 4) is 5.88 Å². The summed E-state index contributed by atoms with van der Waals surface area (Å²) in [5.41, 5.74) is 1.92. The molecule has 21 heavy (non-hydrogen) atoms. The number of pyridine rings is 1. The van der Waals surface area contributed by atoms with Gasteiger partial charge in [-0.1, -0.05) is 27.7 Å². The fourth-order valence-electron chi connectivity index (χ4n) is 4.35. The molecule has 1 heterocycles. The van der Waals surface area contributed by atoms with Crippen LogP contribution in [0.3, 0.4) is 0 Å². The summed E-state index contributed by atoms with van der Waals surface area (Å²) >= 11 is 0. The molecule has 3 nitrogen and oxygen atoms in total. The summed E-state index contributed by atoms with van der Waals surface area (Å²) in [6.07, 6.45) is 6.00. The summed E-state index contributed by atoms with van der Waals surface area (Å²) < 4.78 is 6.33. The maximum atomic E-state index is 6.33. The Hall–Kier alpha value is -1.09. The third kappa shape index (κ3) is 2.36. The van der Waals surface area contributed by atoms with Crippen LogP contribution in [0.25, 0.3) is 0 Å². The molecule has 0 radical (unpaired) electrons. The van der Waals surface area contributed by atoms with Crippen LogP contribution in [0.5, 0.6) is 5.88 Å². The summed E-state index contributed by atoms with van der Waals surface area (Å²) in [5.74, 6) is 1.59. The van der Waals surface area contributed by atoms with E-state index in [9.17, 15) is 0 Å². The lowest BCUT2D eigenvalue weighted by atomic mass is 9.70. The van der Waals surface area contributed by atoms with Gasteiger partial charge in [-0.25, -0.2) is 4.98 Å². The largest absolute Gasteiger partial charge is 0.474 e. The average Bonchev–Trinajstić information content (AvgIpc) is 2.79. The second kappa shape index (κ2) is 5.28. The molecule has 0 spiro atoms. The molecule has 0 aliphatic heterocycles. The number of fused-ring (bicyclic) bond motifs is 2. The van der Waals surface area contributed by atoms with Gasteiger partial charge in [-0.05, 0) is 48.8 Å². The van der Waals surface area contributed by atoms with Crippen molar-refractivity contribution in [2.75, 3.05) is 6.54 Å². The van der Waals surface area contributed by atoms with Crippen LogP contribution in [0.15, 0.2) is 18.3 Å². The normalized spacial score (nSPS) is 33.3. The van der Waals surface area contributed by atoms with Gasteiger partial charge in [-0.2, -0.15) is 0 Å². The Morgan fingerprint density at radius 3 is 2.81 bits per heavy atom. The highest BCUT2D eigenvalue weighted by atomic mass is 16.5. The second-order valence-corrected chi connectivity index (χ2v) is 7.50. The van der Waals surface area contributed by atoms with E-state index >= 15 is 0 Å².